The van der Waals surface area contributed by atoms with E-state index in [0.717, 1.165) is 19.3 Å². The van der Waals surface area contributed by atoms with Crippen molar-refractivity contribution < 1.29 is 27.9 Å². The van der Waals surface area contributed by atoms with E-state index in [1.54, 1.807) is 4.90 Å². The average Bonchev–Trinajstić information content (AvgIpc) is 2.65. The fourth-order valence-corrected chi connectivity index (χ4v) is 3.65. The number of carbonyl (C=O) groups is 3. The summed E-state index contributed by atoms with van der Waals surface area (Å²) in [5, 5.41) is 8.59. The largest absolute Gasteiger partial charge is 0.481 e. The summed E-state index contributed by atoms with van der Waals surface area (Å²) in [6.45, 7) is 0.989. The number of carbonyl (C=O) groups excluding carboxylic acids is 2. The number of benzene rings is 1. The lowest BCUT2D eigenvalue weighted by Gasteiger charge is -2.26. The fraction of sp³-hybridized carbons (Fsp3) is 0.471. The van der Waals surface area contributed by atoms with E-state index < -0.39 is 16.0 Å². The van der Waals surface area contributed by atoms with Gasteiger partial charge >= 0.3 is 5.97 Å². The van der Waals surface area contributed by atoms with Crippen LogP contribution < -0.4 is 4.72 Å². The molecule has 0 saturated carbocycles. The number of amides is 1. The number of hydrogen-bond donors (Lipinski definition) is 2. The van der Waals surface area contributed by atoms with Crippen molar-refractivity contribution in [1.82, 2.24) is 9.62 Å². The van der Waals surface area contributed by atoms with Crippen LogP contribution in [0.5, 0.6) is 0 Å². The number of nitrogens with zero attached hydrogens (tertiary/aromatic N) is 1. The van der Waals surface area contributed by atoms with Gasteiger partial charge in [0.1, 0.15) is 0 Å². The van der Waals surface area contributed by atoms with E-state index in [2.05, 4.69) is 4.72 Å². The quantitative estimate of drug-likeness (QED) is 0.648. The minimum atomic E-state index is -3.87. The predicted octanol–water partition coefficient (Wildman–Crippen LogP) is 1.02. The van der Waals surface area contributed by atoms with Crippen LogP contribution in [0.25, 0.3) is 0 Å². The molecule has 26 heavy (non-hydrogen) atoms. The SMILES string of the molecule is O=C(O)CCC(=O)c1ccc(S(=O)(=O)NCC(=O)N2CCCCC2)cc1. The molecule has 0 bridgehead atoms. The van der Waals surface area contributed by atoms with Crippen molar-refractivity contribution in [2.24, 2.45) is 0 Å². The zero-order chi connectivity index (χ0) is 19.2. The van der Waals surface area contributed by atoms with E-state index in [-0.39, 0.29) is 41.5 Å². The van der Waals surface area contributed by atoms with Crippen molar-refractivity contribution >= 4 is 27.7 Å². The van der Waals surface area contributed by atoms with Gasteiger partial charge in [0.05, 0.1) is 17.9 Å². The first-order chi connectivity index (χ1) is 12.3. The van der Waals surface area contributed by atoms with Crippen molar-refractivity contribution in [3.8, 4) is 0 Å². The van der Waals surface area contributed by atoms with E-state index in [0.29, 0.717) is 13.1 Å². The van der Waals surface area contributed by atoms with Gasteiger partial charge in [-0.1, -0.05) is 12.1 Å². The summed E-state index contributed by atoms with van der Waals surface area (Å²) >= 11 is 0. The van der Waals surface area contributed by atoms with Gasteiger partial charge in [-0.2, -0.15) is 0 Å². The molecule has 0 atom stereocenters. The number of sulfonamides is 1. The second-order valence-corrected chi connectivity index (χ2v) is 7.87. The molecule has 1 aromatic carbocycles. The van der Waals surface area contributed by atoms with Gasteiger partial charge in [-0.25, -0.2) is 13.1 Å². The number of carboxylic acids is 1. The van der Waals surface area contributed by atoms with Gasteiger partial charge in [0.25, 0.3) is 0 Å². The van der Waals surface area contributed by atoms with Gasteiger partial charge < -0.3 is 10.0 Å². The summed E-state index contributed by atoms with van der Waals surface area (Å²) in [6, 6.07) is 5.21. The molecule has 0 aromatic heterocycles. The molecule has 1 saturated heterocycles. The third-order valence-electron chi connectivity index (χ3n) is 4.17. The Morgan fingerprint density at radius 3 is 2.19 bits per heavy atom. The number of piperidine rings is 1. The minimum Gasteiger partial charge on any atom is -0.481 e. The molecule has 0 unspecified atom stereocenters. The summed E-state index contributed by atoms with van der Waals surface area (Å²) < 4.78 is 26.8. The lowest BCUT2D eigenvalue weighted by Crippen LogP contribution is -2.42. The van der Waals surface area contributed by atoms with Crippen molar-refractivity contribution in [3.05, 3.63) is 29.8 Å². The van der Waals surface area contributed by atoms with Crippen molar-refractivity contribution in [2.45, 2.75) is 37.0 Å². The number of aliphatic carboxylic acids is 1. The van der Waals surface area contributed by atoms with Crippen LogP contribution in [0.15, 0.2) is 29.2 Å². The molecule has 1 aromatic rings. The first kappa shape index (κ1) is 20.1. The van der Waals surface area contributed by atoms with Crippen LogP contribution in [0.4, 0.5) is 0 Å². The van der Waals surface area contributed by atoms with Crippen LogP contribution in [-0.4, -0.2) is 55.7 Å². The van der Waals surface area contributed by atoms with Crippen LogP contribution in [0.3, 0.4) is 0 Å². The second-order valence-electron chi connectivity index (χ2n) is 6.11. The van der Waals surface area contributed by atoms with Gasteiger partial charge in [-0.15, -0.1) is 0 Å². The molecule has 0 aliphatic carbocycles. The summed E-state index contributed by atoms with van der Waals surface area (Å²) in [7, 11) is -3.87. The second kappa shape index (κ2) is 8.91. The highest BCUT2D eigenvalue weighted by Gasteiger charge is 2.20. The molecule has 1 fully saturated rings. The first-order valence-electron chi connectivity index (χ1n) is 8.42. The van der Waals surface area contributed by atoms with Crippen LogP contribution in [0.2, 0.25) is 0 Å². The molecule has 0 spiro atoms. The third kappa shape index (κ3) is 5.63. The number of nitrogens with one attached hydrogen (secondary N) is 1. The number of ketones is 1. The van der Waals surface area contributed by atoms with E-state index in [9.17, 15) is 22.8 Å². The van der Waals surface area contributed by atoms with E-state index in [1.807, 2.05) is 0 Å². The molecule has 142 valence electrons. The summed E-state index contributed by atoms with van der Waals surface area (Å²) in [5.41, 5.74) is 0.245. The van der Waals surface area contributed by atoms with Gasteiger partial charge in [0.2, 0.25) is 15.9 Å². The Morgan fingerprint density at radius 2 is 1.62 bits per heavy atom. The average molecular weight is 382 g/mol. The lowest BCUT2D eigenvalue weighted by molar-refractivity contribution is -0.137. The maximum Gasteiger partial charge on any atom is 0.303 e. The molecule has 1 aliphatic heterocycles. The highest BCUT2D eigenvalue weighted by atomic mass is 32.2. The number of likely N-dealkylation sites (tertiary alicyclic amines) is 1. The maximum atomic E-state index is 12.3. The van der Waals surface area contributed by atoms with Crippen molar-refractivity contribution in [2.75, 3.05) is 19.6 Å². The molecule has 1 aliphatic rings. The van der Waals surface area contributed by atoms with E-state index >= 15 is 0 Å². The van der Waals surface area contributed by atoms with Gasteiger partial charge in [-0.3, -0.25) is 14.4 Å². The molecule has 1 heterocycles. The number of Topliss-reactive ketones (excluding diaryl/α,β-unsaturated/α-hetero) is 1. The highest BCUT2D eigenvalue weighted by Crippen LogP contribution is 2.13. The van der Waals surface area contributed by atoms with Crippen molar-refractivity contribution in [3.63, 3.8) is 0 Å². The number of carboxylic acid groups (broad SMARTS) is 1. The van der Waals surface area contributed by atoms with Crippen molar-refractivity contribution in [1.29, 1.82) is 0 Å². The minimum absolute atomic E-state index is 0.0567. The Balaban J connectivity index is 1.94. The zero-order valence-electron chi connectivity index (χ0n) is 14.3. The van der Waals surface area contributed by atoms with Crippen LogP contribution in [-0.2, 0) is 19.6 Å². The normalized spacial score (nSPS) is 14.8. The van der Waals surface area contributed by atoms with E-state index in [4.69, 9.17) is 5.11 Å². The number of hydrogen-bond acceptors (Lipinski definition) is 5. The molecule has 8 nitrogen and oxygen atoms in total. The molecule has 1 amide bonds. The Kier molecular flexibility index (Phi) is 6.87. The van der Waals surface area contributed by atoms with E-state index in [1.165, 1.54) is 24.3 Å². The standard InChI is InChI=1S/C17H22N2O6S/c20-15(8-9-17(22)23)13-4-6-14(7-5-13)26(24,25)18-12-16(21)19-10-2-1-3-11-19/h4-7,18H,1-3,8-12H2,(H,22,23). The van der Waals surface area contributed by atoms with Gasteiger partial charge in [-0.05, 0) is 31.4 Å². The smallest absolute Gasteiger partial charge is 0.303 e. The third-order valence-corrected chi connectivity index (χ3v) is 5.59. The number of rotatable bonds is 8. The Hall–Kier alpha value is -2.26. The van der Waals surface area contributed by atoms with Crippen LogP contribution in [0.1, 0.15) is 42.5 Å². The van der Waals surface area contributed by atoms with Gasteiger partial charge in [0.15, 0.2) is 5.78 Å². The molecular formula is C17H22N2O6S. The first-order valence-corrected chi connectivity index (χ1v) is 9.90. The van der Waals surface area contributed by atoms with Crippen LogP contribution >= 0.6 is 0 Å². The molecule has 2 N–H and O–H groups in total. The molecular weight excluding hydrogens is 360 g/mol. The highest BCUT2D eigenvalue weighted by molar-refractivity contribution is 7.89. The lowest BCUT2D eigenvalue weighted by atomic mass is 10.1. The Morgan fingerprint density at radius 1 is 1.00 bits per heavy atom. The molecule has 9 heteroatoms. The predicted molar refractivity (Wildman–Crippen MR) is 93.3 cm³/mol. The zero-order valence-corrected chi connectivity index (χ0v) is 15.1. The Labute approximate surface area is 152 Å². The summed E-state index contributed by atoms with van der Waals surface area (Å²) in [4.78, 5) is 36.0. The fourth-order valence-electron chi connectivity index (χ4n) is 2.68. The summed E-state index contributed by atoms with van der Waals surface area (Å²) in [5.74, 6) is -1.70. The maximum absolute atomic E-state index is 12.3. The van der Waals surface area contributed by atoms with Crippen LogP contribution in [0, 0.1) is 0 Å². The summed E-state index contributed by atoms with van der Waals surface area (Å²) in [6.07, 6.45) is 2.50. The monoisotopic (exact) mass is 382 g/mol. The molecule has 2 rings (SSSR count). The molecule has 0 radical (unpaired) electrons. The Bertz CT molecular complexity index is 767. The van der Waals surface area contributed by atoms with Gasteiger partial charge in [0, 0.05) is 25.1 Å². The topological polar surface area (TPSA) is 121 Å².